The summed E-state index contributed by atoms with van der Waals surface area (Å²) in [5.41, 5.74) is 0.549. The van der Waals surface area contributed by atoms with Gasteiger partial charge in [-0.15, -0.1) is 0 Å². The summed E-state index contributed by atoms with van der Waals surface area (Å²) in [6.45, 7) is 2.00. The van der Waals surface area contributed by atoms with Gasteiger partial charge in [-0.25, -0.2) is 0 Å². The average molecular weight is 152 g/mol. The highest BCUT2D eigenvalue weighted by molar-refractivity contribution is 4.98. The smallest absolute Gasteiger partial charge is 0.0525 e. The molecule has 0 aromatic carbocycles. The van der Waals surface area contributed by atoms with E-state index in [0.29, 0.717) is 5.41 Å². The lowest BCUT2D eigenvalue weighted by Gasteiger charge is -2.37. The molecule has 1 spiro atoms. The van der Waals surface area contributed by atoms with Crippen LogP contribution in [0.4, 0.5) is 0 Å². The first-order valence-electron chi connectivity index (χ1n) is 4.64. The first-order chi connectivity index (χ1) is 5.41. The Balaban J connectivity index is 2.01. The second-order valence-electron chi connectivity index (χ2n) is 3.87. The zero-order chi connectivity index (χ0) is 7.57. The number of ether oxygens (including phenoxy) is 1. The summed E-state index contributed by atoms with van der Waals surface area (Å²) in [5, 5.41) is 0. The zero-order valence-corrected chi connectivity index (χ0v) is 7.01. The minimum atomic E-state index is 0.549. The Morgan fingerprint density at radius 2 is 2.18 bits per heavy atom. The van der Waals surface area contributed by atoms with Gasteiger partial charge in [-0.05, 0) is 37.5 Å². The van der Waals surface area contributed by atoms with Gasteiger partial charge in [0.15, 0.2) is 0 Å². The Morgan fingerprint density at radius 3 is 2.82 bits per heavy atom. The molecule has 1 atom stereocenters. The Labute approximate surface area is 68.4 Å². The number of rotatable bonds is 0. The predicted molar refractivity (Wildman–Crippen MR) is 45.5 cm³/mol. The van der Waals surface area contributed by atoms with Gasteiger partial charge in [-0.2, -0.15) is 0 Å². The topological polar surface area (TPSA) is 9.23 Å². The third-order valence-corrected chi connectivity index (χ3v) is 2.96. The molecule has 1 heterocycles. The van der Waals surface area contributed by atoms with Crippen LogP contribution in [0.25, 0.3) is 0 Å². The molecule has 1 aliphatic carbocycles. The van der Waals surface area contributed by atoms with Crippen LogP contribution in [0.1, 0.15) is 32.1 Å². The first-order valence-corrected chi connectivity index (χ1v) is 4.64. The molecule has 2 rings (SSSR count). The molecular formula is C10H16O. The Morgan fingerprint density at radius 1 is 1.18 bits per heavy atom. The molecule has 0 bridgehead atoms. The van der Waals surface area contributed by atoms with Crippen LogP contribution in [-0.2, 0) is 4.74 Å². The monoisotopic (exact) mass is 152 g/mol. The van der Waals surface area contributed by atoms with Crippen LogP contribution in [0.3, 0.4) is 0 Å². The van der Waals surface area contributed by atoms with Crippen molar-refractivity contribution < 1.29 is 4.74 Å². The fraction of sp³-hybridized carbons (Fsp3) is 0.800. The Hall–Kier alpha value is -0.300. The Bertz CT molecular complexity index is 154. The highest BCUT2D eigenvalue weighted by atomic mass is 16.5. The molecule has 2 aliphatic rings. The molecule has 1 saturated heterocycles. The lowest BCUT2D eigenvalue weighted by Crippen LogP contribution is -2.32. The third kappa shape index (κ3) is 1.48. The van der Waals surface area contributed by atoms with Crippen LogP contribution in [0.15, 0.2) is 12.2 Å². The van der Waals surface area contributed by atoms with Gasteiger partial charge in [-0.1, -0.05) is 12.2 Å². The maximum absolute atomic E-state index is 5.53. The van der Waals surface area contributed by atoms with Crippen molar-refractivity contribution in [3.8, 4) is 0 Å². The van der Waals surface area contributed by atoms with Crippen LogP contribution in [0, 0.1) is 5.41 Å². The summed E-state index contributed by atoms with van der Waals surface area (Å²) in [4.78, 5) is 0. The van der Waals surface area contributed by atoms with Crippen LogP contribution in [0.5, 0.6) is 0 Å². The summed E-state index contributed by atoms with van der Waals surface area (Å²) in [5.74, 6) is 0. The molecule has 0 N–H and O–H groups in total. The van der Waals surface area contributed by atoms with Gasteiger partial charge in [0.1, 0.15) is 0 Å². The van der Waals surface area contributed by atoms with Gasteiger partial charge in [0.25, 0.3) is 0 Å². The molecule has 0 saturated carbocycles. The summed E-state index contributed by atoms with van der Waals surface area (Å²) >= 11 is 0. The Kier molecular flexibility index (Phi) is 1.99. The van der Waals surface area contributed by atoms with Crippen molar-refractivity contribution in [2.75, 3.05) is 13.2 Å². The van der Waals surface area contributed by atoms with E-state index in [0.717, 1.165) is 13.2 Å². The largest absolute Gasteiger partial charge is 0.381 e. The lowest BCUT2D eigenvalue weighted by atomic mass is 9.73. The molecule has 11 heavy (non-hydrogen) atoms. The second-order valence-corrected chi connectivity index (χ2v) is 3.87. The zero-order valence-electron chi connectivity index (χ0n) is 7.01. The van der Waals surface area contributed by atoms with Crippen LogP contribution in [0.2, 0.25) is 0 Å². The van der Waals surface area contributed by atoms with Crippen LogP contribution in [-0.4, -0.2) is 13.2 Å². The SMILES string of the molecule is C1=CCC2(CC1)CCCOC2. The minimum absolute atomic E-state index is 0.549. The molecule has 0 amide bonds. The number of hydrogen-bond acceptors (Lipinski definition) is 1. The first kappa shape index (κ1) is 7.35. The molecule has 0 radical (unpaired) electrons. The van der Waals surface area contributed by atoms with Crippen molar-refractivity contribution in [3.05, 3.63) is 12.2 Å². The predicted octanol–water partition coefficient (Wildman–Crippen LogP) is 2.52. The van der Waals surface area contributed by atoms with E-state index >= 15 is 0 Å². The van der Waals surface area contributed by atoms with E-state index in [1.165, 1.54) is 32.1 Å². The summed E-state index contributed by atoms with van der Waals surface area (Å²) < 4.78 is 5.53. The molecule has 0 aromatic rings. The van der Waals surface area contributed by atoms with E-state index in [2.05, 4.69) is 12.2 Å². The van der Waals surface area contributed by atoms with Crippen molar-refractivity contribution in [2.45, 2.75) is 32.1 Å². The van der Waals surface area contributed by atoms with Crippen molar-refractivity contribution in [2.24, 2.45) is 5.41 Å². The number of hydrogen-bond donors (Lipinski definition) is 0. The highest BCUT2D eigenvalue weighted by Gasteiger charge is 2.32. The van der Waals surface area contributed by atoms with Gasteiger partial charge >= 0.3 is 0 Å². The summed E-state index contributed by atoms with van der Waals surface area (Å²) in [7, 11) is 0. The molecule has 1 nitrogen and oxygen atoms in total. The number of allylic oxidation sites excluding steroid dienone is 2. The van der Waals surface area contributed by atoms with E-state index in [4.69, 9.17) is 4.74 Å². The molecule has 0 aromatic heterocycles. The van der Waals surface area contributed by atoms with Crippen molar-refractivity contribution in [1.82, 2.24) is 0 Å². The maximum Gasteiger partial charge on any atom is 0.0525 e. The maximum atomic E-state index is 5.53. The lowest BCUT2D eigenvalue weighted by molar-refractivity contribution is -0.0126. The van der Waals surface area contributed by atoms with Crippen molar-refractivity contribution in [3.63, 3.8) is 0 Å². The third-order valence-electron chi connectivity index (χ3n) is 2.96. The summed E-state index contributed by atoms with van der Waals surface area (Å²) in [6.07, 6.45) is 11.2. The molecule has 1 fully saturated rings. The van der Waals surface area contributed by atoms with Crippen molar-refractivity contribution >= 4 is 0 Å². The minimum Gasteiger partial charge on any atom is -0.381 e. The van der Waals surface area contributed by atoms with E-state index in [-0.39, 0.29) is 0 Å². The van der Waals surface area contributed by atoms with Gasteiger partial charge in [0, 0.05) is 6.61 Å². The van der Waals surface area contributed by atoms with Gasteiger partial charge < -0.3 is 4.74 Å². The fourth-order valence-electron chi connectivity index (χ4n) is 2.21. The van der Waals surface area contributed by atoms with E-state index in [1.54, 1.807) is 0 Å². The van der Waals surface area contributed by atoms with E-state index in [1.807, 2.05) is 0 Å². The van der Waals surface area contributed by atoms with Crippen LogP contribution < -0.4 is 0 Å². The molecule has 1 unspecified atom stereocenters. The fourth-order valence-corrected chi connectivity index (χ4v) is 2.21. The van der Waals surface area contributed by atoms with Gasteiger partial charge in [0.2, 0.25) is 0 Å². The normalized spacial score (nSPS) is 37.8. The molecular weight excluding hydrogens is 136 g/mol. The van der Waals surface area contributed by atoms with E-state index in [9.17, 15) is 0 Å². The molecule has 1 heteroatoms. The highest BCUT2D eigenvalue weighted by Crippen LogP contribution is 2.39. The molecule has 1 aliphatic heterocycles. The van der Waals surface area contributed by atoms with Crippen LogP contribution >= 0.6 is 0 Å². The second kappa shape index (κ2) is 2.98. The van der Waals surface area contributed by atoms with Gasteiger partial charge in [0.05, 0.1) is 6.61 Å². The van der Waals surface area contributed by atoms with Gasteiger partial charge in [-0.3, -0.25) is 0 Å². The quantitative estimate of drug-likeness (QED) is 0.485. The summed E-state index contributed by atoms with van der Waals surface area (Å²) in [6, 6.07) is 0. The average Bonchev–Trinajstić information content (AvgIpc) is 2.07. The van der Waals surface area contributed by atoms with Crippen molar-refractivity contribution in [1.29, 1.82) is 0 Å². The standard InChI is InChI=1S/C10H16O/c1-2-5-10(6-3-1)7-4-8-11-9-10/h1-2H,3-9H2. The molecule has 62 valence electrons. The van der Waals surface area contributed by atoms with E-state index < -0.39 is 0 Å².